The Bertz CT molecular complexity index is 406. The first-order valence-corrected chi connectivity index (χ1v) is 4.62. The molecule has 2 amide bonds. The molecule has 0 atom stereocenters. The van der Waals surface area contributed by atoms with Gasteiger partial charge in [-0.2, -0.15) is 0 Å². The van der Waals surface area contributed by atoms with E-state index in [-0.39, 0.29) is 24.1 Å². The zero-order valence-electron chi connectivity index (χ0n) is 7.64. The number of carbonyl (C=O) groups excluding carboxylic acids is 2. The third-order valence-corrected chi connectivity index (χ3v) is 2.20. The number of rotatable bonds is 1. The van der Waals surface area contributed by atoms with Crippen molar-refractivity contribution in [1.82, 2.24) is 4.98 Å². The molecule has 5 nitrogen and oxygen atoms in total. The number of anilines is 1. The predicted molar refractivity (Wildman–Crippen MR) is 52.6 cm³/mol. The molecule has 0 N–H and O–H groups in total. The van der Waals surface area contributed by atoms with E-state index in [1.807, 2.05) is 0 Å². The Hall–Kier alpha value is -1.46. The van der Waals surface area contributed by atoms with Crippen LogP contribution in [-0.2, 0) is 14.3 Å². The summed E-state index contributed by atoms with van der Waals surface area (Å²) >= 11 is 5.84. The number of carbonyl (C=O) groups is 2. The lowest BCUT2D eigenvalue weighted by Gasteiger charge is -2.24. The molecule has 0 unspecified atom stereocenters. The molecule has 15 heavy (non-hydrogen) atoms. The van der Waals surface area contributed by atoms with Gasteiger partial charge in [0.25, 0.3) is 11.8 Å². The topological polar surface area (TPSA) is 59.5 Å². The lowest BCUT2D eigenvalue weighted by atomic mass is 10.3. The van der Waals surface area contributed by atoms with Crippen LogP contribution in [0, 0.1) is 0 Å². The van der Waals surface area contributed by atoms with Crippen LogP contribution in [0.1, 0.15) is 0 Å². The molecule has 1 aliphatic heterocycles. The van der Waals surface area contributed by atoms with Crippen LogP contribution in [0.25, 0.3) is 0 Å². The summed E-state index contributed by atoms with van der Waals surface area (Å²) in [7, 11) is 0. The zero-order valence-corrected chi connectivity index (χ0v) is 8.40. The van der Waals surface area contributed by atoms with Crippen molar-refractivity contribution in [2.75, 3.05) is 18.1 Å². The summed E-state index contributed by atoms with van der Waals surface area (Å²) < 4.78 is 4.77. The number of pyridine rings is 1. The molecular weight excluding hydrogens is 220 g/mol. The highest BCUT2D eigenvalue weighted by molar-refractivity contribution is 6.34. The van der Waals surface area contributed by atoms with Crippen molar-refractivity contribution in [3.05, 3.63) is 23.4 Å². The molecule has 0 aromatic carbocycles. The molecule has 1 aliphatic rings. The lowest BCUT2D eigenvalue weighted by molar-refractivity contribution is -0.138. The van der Waals surface area contributed by atoms with Crippen molar-refractivity contribution in [2.45, 2.75) is 0 Å². The largest absolute Gasteiger partial charge is 0.362 e. The highest BCUT2D eigenvalue weighted by Crippen LogP contribution is 2.23. The van der Waals surface area contributed by atoms with Crippen LogP contribution in [0.3, 0.4) is 0 Å². The second-order valence-corrected chi connectivity index (χ2v) is 3.33. The number of amides is 2. The Morgan fingerprint density at radius 2 is 2.00 bits per heavy atom. The molecule has 1 fully saturated rings. The van der Waals surface area contributed by atoms with E-state index in [4.69, 9.17) is 16.3 Å². The normalized spacial score (nSPS) is 17.0. The van der Waals surface area contributed by atoms with E-state index in [1.165, 1.54) is 6.20 Å². The number of aromatic nitrogens is 1. The minimum Gasteiger partial charge on any atom is -0.362 e. The smallest absolute Gasteiger partial charge is 0.261 e. The van der Waals surface area contributed by atoms with Crippen LogP contribution < -0.4 is 4.90 Å². The lowest BCUT2D eigenvalue weighted by Crippen LogP contribution is -2.46. The van der Waals surface area contributed by atoms with Gasteiger partial charge >= 0.3 is 0 Å². The molecule has 78 valence electrons. The van der Waals surface area contributed by atoms with Gasteiger partial charge < -0.3 is 4.74 Å². The highest BCUT2D eigenvalue weighted by Gasteiger charge is 2.30. The Labute approximate surface area is 90.6 Å². The fourth-order valence-corrected chi connectivity index (χ4v) is 1.48. The Morgan fingerprint density at radius 3 is 2.60 bits per heavy atom. The highest BCUT2D eigenvalue weighted by atomic mass is 35.5. The number of morpholine rings is 1. The van der Waals surface area contributed by atoms with Gasteiger partial charge in [0.1, 0.15) is 13.2 Å². The van der Waals surface area contributed by atoms with Crippen LogP contribution >= 0.6 is 11.6 Å². The van der Waals surface area contributed by atoms with Crippen molar-refractivity contribution >= 4 is 29.2 Å². The first-order chi connectivity index (χ1) is 7.20. The van der Waals surface area contributed by atoms with Crippen molar-refractivity contribution in [1.29, 1.82) is 0 Å². The van der Waals surface area contributed by atoms with E-state index in [9.17, 15) is 9.59 Å². The van der Waals surface area contributed by atoms with Crippen LogP contribution in [0.5, 0.6) is 0 Å². The van der Waals surface area contributed by atoms with Crippen molar-refractivity contribution in [2.24, 2.45) is 0 Å². The van der Waals surface area contributed by atoms with E-state index < -0.39 is 11.8 Å². The van der Waals surface area contributed by atoms with E-state index in [0.29, 0.717) is 0 Å². The summed E-state index contributed by atoms with van der Waals surface area (Å²) in [4.78, 5) is 27.7. The van der Waals surface area contributed by atoms with Gasteiger partial charge in [0, 0.05) is 6.20 Å². The fourth-order valence-electron chi connectivity index (χ4n) is 1.27. The Morgan fingerprint density at radius 1 is 1.33 bits per heavy atom. The molecule has 0 radical (unpaired) electrons. The van der Waals surface area contributed by atoms with Crippen LogP contribution in [0.4, 0.5) is 5.82 Å². The van der Waals surface area contributed by atoms with E-state index >= 15 is 0 Å². The molecular formula is C9H7ClN2O3. The van der Waals surface area contributed by atoms with Gasteiger partial charge in [-0.05, 0) is 12.1 Å². The third kappa shape index (κ3) is 1.84. The SMILES string of the molecule is O=C1COCC(=O)N1c1ncccc1Cl. The summed E-state index contributed by atoms with van der Waals surface area (Å²) in [6.45, 7) is -0.253. The zero-order chi connectivity index (χ0) is 10.8. The number of hydrogen-bond donors (Lipinski definition) is 0. The molecule has 2 rings (SSSR count). The molecule has 2 heterocycles. The summed E-state index contributed by atoms with van der Waals surface area (Å²) in [5.74, 6) is -0.740. The van der Waals surface area contributed by atoms with Gasteiger partial charge in [-0.3, -0.25) is 9.59 Å². The van der Waals surface area contributed by atoms with Crippen molar-refractivity contribution < 1.29 is 14.3 Å². The molecule has 0 aliphatic carbocycles. The van der Waals surface area contributed by atoms with Gasteiger partial charge in [0.15, 0.2) is 5.82 Å². The average molecular weight is 227 g/mol. The molecule has 1 aromatic rings. The van der Waals surface area contributed by atoms with Crippen LogP contribution in [0.2, 0.25) is 5.02 Å². The van der Waals surface area contributed by atoms with Crippen LogP contribution in [0.15, 0.2) is 18.3 Å². The molecule has 6 heteroatoms. The number of hydrogen-bond acceptors (Lipinski definition) is 4. The standard InChI is InChI=1S/C9H7ClN2O3/c10-6-2-1-3-11-9(6)12-7(13)4-15-5-8(12)14/h1-3H,4-5H2. The Balaban J connectivity index is 2.40. The predicted octanol–water partition coefficient (Wildman–Crippen LogP) is 0.625. The molecule has 1 aromatic heterocycles. The molecule has 1 saturated heterocycles. The van der Waals surface area contributed by atoms with Gasteiger partial charge in [-0.15, -0.1) is 0 Å². The maximum Gasteiger partial charge on any atom is 0.261 e. The van der Waals surface area contributed by atoms with Gasteiger partial charge in [0.2, 0.25) is 0 Å². The molecule has 0 saturated carbocycles. The number of nitrogens with zero attached hydrogens (tertiary/aromatic N) is 2. The van der Waals surface area contributed by atoms with E-state index in [2.05, 4.69) is 4.98 Å². The third-order valence-electron chi connectivity index (χ3n) is 1.90. The number of imide groups is 1. The number of ether oxygens (including phenoxy) is 1. The van der Waals surface area contributed by atoms with Gasteiger partial charge in [-0.25, -0.2) is 9.88 Å². The minimum atomic E-state index is -0.452. The maximum absolute atomic E-state index is 11.4. The first-order valence-electron chi connectivity index (χ1n) is 4.24. The number of halogens is 1. The second kappa shape index (κ2) is 3.96. The minimum absolute atomic E-state index is 0.126. The maximum atomic E-state index is 11.4. The second-order valence-electron chi connectivity index (χ2n) is 2.92. The summed E-state index contributed by atoms with van der Waals surface area (Å²) in [6.07, 6.45) is 1.47. The first kappa shape index (κ1) is 10.1. The monoisotopic (exact) mass is 226 g/mol. The average Bonchev–Trinajstić information content (AvgIpc) is 2.20. The Kier molecular flexibility index (Phi) is 2.66. The summed E-state index contributed by atoms with van der Waals surface area (Å²) in [5, 5.41) is 0.265. The van der Waals surface area contributed by atoms with Crippen molar-refractivity contribution in [3.8, 4) is 0 Å². The van der Waals surface area contributed by atoms with E-state index in [0.717, 1.165) is 4.90 Å². The quantitative estimate of drug-likeness (QED) is 0.659. The molecule has 0 spiro atoms. The molecule has 0 bridgehead atoms. The van der Waals surface area contributed by atoms with Crippen molar-refractivity contribution in [3.63, 3.8) is 0 Å². The van der Waals surface area contributed by atoms with Gasteiger partial charge in [-0.1, -0.05) is 11.6 Å². The summed E-state index contributed by atoms with van der Waals surface area (Å²) in [5.41, 5.74) is 0. The van der Waals surface area contributed by atoms with E-state index in [1.54, 1.807) is 12.1 Å². The summed E-state index contributed by atoms with van der Waals surface area (Å²) in [6, 6.07) is 3.20. The fraction of sp³-hybridized carbons (Fsp3) is 0.222. The van der Waals surface area contributed by atoms with Crippen LogP contribution in [-0.4, -0.2) is 30.0 Å². The van der Waals surface area contributed by atoms with Gasteiger partial charge in [0.05, 0.1) is 5.02 Å².